The van der Waals surface area contributed by atoms with Gasteiger partial charge >= 0.3 is 45.2 Å². The molecule has 0 amide bonds. The predicted molar refractivity (Wildman–Crippen MR) is 101 cm³/mol. The van der Waals surface area contributed by atoms with Crippen molar-refractivity contribution in [2.45, 2.75) is 70.6 Å². The van der Waals surface area contributed by atoms with Gasteiger partial charge in [-0.1, -0.05) is 27.7 Å². The molecule has 202 valence electrons. The van der Waals surface area contributed by atoms with Gasteiger partial charge in [0, 0.05) is 6.42 Å². The maximum absolute atomic E-state index is 13.9. The number of carbonyl (C=O) groups excluding carboxylic acids is 2. The number of alkyl halides is 7. The molecule has 0 bridgehead atoms. The number of hydrogen-bond acceptors (Lipinski definition) is 7. The first kappa shape index (κ1) is 32.3. The van der Waals surface area contributed by atoms with Crippen molar-refractivity contribution in [1.29, 1.82) is 0 Å². The van der Waals surface area contributed by atoms with E-state index in [1.165, 1.54) is 20.8 Å². The third-order valence-electron chi connectivity index (χ3n) is 5.11. The molecule has 0 aromatic rings. The molecule has 0 spiro atoms. The van der Waals surface area contributed by atoms with Crippen molar-refractivity contribution in [3.8, 4) is 0 Å². The minimum absolute atomic E-state index is 0.0305. The molecule has 0 rings (SSSR count). The Morgan fingerprint density at radius 3 is 1.74 bits per heavy atom. The SMILES string of the molecule is COC(=O)C(OCCC(F)(F)C(F)(F)S(=O)(=O)O)(OC(=O)C(C)(CC(C)C)C(C)C)C(F)(F)F. The van der Waals surface area contributed by atoms with Gasteiger partial charge in [-0.05, 0) is 25.2 Å². The fourth-order valence-corrected chi connectivity index (χ4v) is 3.31. The molecular formula is C18H27F7O8S. The Labute approximate surface area is 191 Å². The maximum atomic E-state index is 13.9. The van der Waals surface area contributed by atoms with Crippen LogP contribution in [-0.4, -0.2) is 61.8 Å². The number of hydrogen-bond donors (Lipinski definition) is 1. The van der Waals surface area contributed by atoms with Crippen LogP contribution in [0.15, 0.2) is 0 Å². The van der Waals surface area contributed by atoms with Crippen molar-refractivity contribution in [2.24, 2.45) is 17.3 Å². The average Bonchev–Trinajstić information content (AvgIpc) is 2.63. The van der Waals surface area contributed by atoms with Crippen LogP contribution >= 0.6 is 0 Å². The monoisotopic (exact) mass is 536 g/mol. The standard InChI is InChI=1S/C18H27F7O8S/c1-10(2)9-14(5,11(3)4)12(26)33-16(13(27)31-6,17(21,22)23)32-8-7-15(19,20)18(24,25)34(28,29)30/h10-11H,7-9H2,1-6H3,(H,28,29,30). The topological polar surface area (TPSA) is 116 Å². The number of ether oxygens (including phenoxy) is 3. The lowest BCUT2D eigenvalue weighted by Crippen LogP contribution is -2.60. The molecule has 0 saturated heterocycles. The lowest BCUT2D eigenvalue weighted by atomic mass is 9.73. The van der Waals surface area contributed by atoms with Crippen LogP contribution in [0.4, 0.5) is 30.7 Å². The number of halogens is 7. The molecule has 0 radical (unpaired) electrons. The van der Waals surface area contributed by atoms with Crippen LogP contribution in [0.1, 0.15) is 47.5 Å². The van der Waals surface area contributed by atoms with Gasteiger partial charge in [-0.25, -0.2) is 4.79 Å². The van der Waals surface area contributed by atoms with E-state index in [9.17, 15) is 48.7 Å². The summed E-state index contributed by atoms with van der Waals surface area (Å²) in [6, 6.07) is 0. The van der Waals surface area contributed by atoms with E-state index in [0.717, 1.165) is 0 Å². The Bertz CT molecular complexity index is 842. The van der Waals surface area contributed by atoms with Crippen molar-refractivity contribution >= 4 is 22.1 Å². The zero-order valence-corrected chi connectivity index (χ0v) is 20.0. The van der Waals surface area contributed by atoms with Gasteiger partial charge in [0.05, 0.1) is 19.1 Å². The second-order valence-corrected chi connectivity index (χ2v) is 9.92. The quantitative estimate of drug-likeness (QED) is 0.171. The van der Waals surface area contributed by atoms with Crippen molar-refractivity contribution in [3.63, 3.8) is 0 Å². The van der Waals surface area contributed by atoms with Gasteiger partial charge in [-0.2, -0.15) is 39.2 Å². The summed E-state index contributed by atoms with van der Waals surface area (Å²) in [5.41, 5.74) is -1.63. The number of rotatable bonds is 12. The minimum atomic E-state index is -6.67. The number of esters is 2. The third kappa shape index (κ3) is 6.50. The van der Waals surface area contributed by atoms with Crippen LogP contribution in [-0.2, 0) is 33.9 Å². The zero-order valence-electron chi connectivity index (χ0n) is 19.1. The molecule has 0 aromatic heterocycles. The van der Waals surface area contributed by atoms with Gasteiger partial charge in [0.15, 0.2) is 0 Å². The van der Waals surface area contributed by atoms with Crippen LogP contribution in [0.2, 0.25) is 0 Å². The summed E-state index contributed by atoms with van der Waals surface area (Å²) in [5, 5.41) is -6.10. The van der Waals surface area contributed by atoms with Gasteiger partial charge in [0.2, 0.25) is 0 Å². The number of carbonyl (C=O) groups is 2. The molecule has 2 atom stereocenters. The van der Waals surface area contributed by atoms with Gasteiger partial charge in [-0.3, -0.25) is 9.35 Å². The summed E-state index contributed by atoms with van der Waals surface area (Å²) in [5.74, 6) is -15.2. The first-order valence-corrected chi connectivity index (χ1v) is 11.1. The molecule has 0 fully saturated rings. The summed E-state index contributed by atoms with van der Waals surface area (Å²) >= 11 is 0. The van der Waals surface area contributed by atoms with Gasteiger partial charge < -0.3 is 14.2 Å². The average molecular weight is 536 g/mol. The number of methoxy groups -OCH3 is 1. The van der Waals surface area contributed by atoms with E-state index >= 15 is 0 Å². The second kappa shape index (κ2) is 10.5. The summed E-state index contributed by atoms with van der Waals surface area (Å²) < 4.78 is 138. The Balaban J connectivity index is 6.28. The lowest BCUT2D eigenvalue weighted by Gasteiger charge is -2.38. The molecule has 34 heavy (non-hydrogen) atoms. The highest BCUT2D eigenvalue weighted by molar-refractivity contribution is 7.87. The van der Waals surface area contributed by atoms with Crippen LogP contribution in [0, 0.1) is 17.3 Å². The van der Waals surface area contributed by atoms with E-state index in [0.29, 0.717) is 7.11 Å². The predicted octanol–water partition coefficient (Wildman–Crippen LogP) is 4.19. The van der Waals surface area contributed by atoms with Crippen molar-refractivity contribution in [3.05, 3.63) is 0 Å². The first-order valence-electron chi connectivity index (χ1n) is 9.68. The van der Waals surface area contributed by atoms with Crippen molar-refractivity contribution in [2.75, 3.05) is 13.7 Å². The fraction of sp³-hybridized carbons (Fsp3) is 0.889. The van der Waals surface area contributed by atoms with Crippen LogP contribution in [0.3, 0.4) is 0 Å². The molecule has 8 nitrogen and oxygen atoms in total. The first-order chi connectivity index (χ1) is 14.9. The van der Waals surface area contributed by atoms with Crippen molar-refractivity contribution in [1.82, 2.24) is 0 Å². The Morgan fingerprint density at radius 2 is 1.41 bits per heavy atom. The summed E-state index contributed by atoms with van der Waals surface area (Å²) in [4.78, 5) is 24.8. The van der Waals surface area contributed by atoms with E-state index < -0.39 is 69.6 Å². The second-order valence-electron chi connectivity index (χ2n) is 8.46. The summed E-state index contributed by atoms with van der Waals surface area (Å²) in [7, 11) is -6.25. The molecule has 16 heteroatoms. The highest BCUT2D eigenvalue weighted by Crippen LogP contribution is 2.44. The van der Waals surface area contributed by atoms with E-state index in [2.05, 4.69) is 14.2 Å². The van der Waals surface area contributed by atoms with Crippen LogP contribution in [0.25, 0.3) is 0 Å². The maximum Gasteiger partial charge on any atom is 0.468 e. The third-order valence-corrected chi connectivity index (χ3v) is 6.05. The van der Waals surface area contributed by atoms with Crippen LogP contribution in [0.5, 0.6) is 0 Å². The van der Waals surface area contributed by atoms with Gasteiger partial charge in [-0.15, -0.1) is 0 Å². The van der Waals surface area contributed by atoms with Gasteiger partial charge in [0.25, 0.3) is 0 Å². The molecule has 0 aromatic carbocycles. The lowest BCUT2D eigenvalue weighted by molar-refractivity contribution is -0.360. The highest BCUT2D eigenvalue weighted by atomic mass is 32.2. The fourth-order valence-electron chi connectivity index (χ4n) is 2.83. The normalized spacial score (nSPS) is 17.3. The zero-order chi connectivity index (χ0) is 27.6. The highest BCUT2D eigenvalue weighted by Gasteiger charge is 2.70. The van der Waals surface area contributed by atoms with E-state index in [-0.39, 0.29) is 12.3 Å². The van der Waals surface area contributed by atoms with E-state index in [4.69, 9.17) is 4.55 Å². The van der Waals surface area contributed by atoms with E-state index in [1.807, 2.05) is 0 Å². The summed E-state index contributed by atoms with van der Waals surface area (Å²) in [6.45, 7) is 5.38. The smallest absolute Gasteiger partial charge is 0.464 e. The molecule has 2 unspecified atom stereocenters. The summed E-state index contributed by atoms with van der Waals surface area (Å²) in [6.07, 6.45) is -8.40. The Morgan fingerprint density at radius 1 is 0.941 bits per heavy atom. The Hall–Kier alpha value is -1.68. The van der Waals surface area contributed by atoms with Crippen molar-refractivity contribution < 1.29 is 67.5 Å². The molecule has 1 N–H and O–H groups in total. The van der Waals surface area contributed by atoms with E-state index in [1.54, 1.807) is 13.8 Å². The largest absolute Gasteiger partial charge is 0.468 e. The Kier molecular flexibility index (Phi) is 10.00. The molecular weight excluding hydrogens is 509 g/mol. The van der Waals surface area contributed by atoms with Crippen LogP contribution < -0.4 is 0 Å². The molecule has 0 aliphatic rings. The molecule has 0 heterocycles. The molecule has 0 aliphatic heterocycles. The molecule has 0 aliphatic carbocycles. The molecule has 0 saturated carbocycles. The van der Waals surface area contributed by atoms with Gasteiger partial charge in [0.1, 0.15) is 0 Å². The minimum Gasteiger partial charge on any atom is -0.464 e.